The lowest BCUT2D eigenvalue weighted by atomic mass is 9.66. The van der Waals surface area contributed by atoms with Gasteiger partial charge in [0.2, 0.25) is 5.91 Å². The predicted octanol–water partition coefficient (Wildman–Crippen LogP) is 6.53. The van der Waals surface area contributed by atoms with E-state index < -0.39 is 14.2 Å². The van der Waals surface area contributed by atoms with Gasteiger partial charge in [-0.2, -0.15) is 0 Å². The highest BCUT2D eigenvalue weighted by molar-refractivity contribution is 6.76. The molecule has 0 bridgehead atoms. The average Bonchev–Trinajstić information content (AvgIpc) is 3.16. The van der Waals surface area contributed by atoms with Crippen LogP contribution in [0.3, 0.4) is 0 Å². The Morgan fingerprint density at radius 1 is 1.00 bits per heavy atom. The van der Waals surface area contributed by atoms with Gasteiger partial charge in [0.15, 0.2) is 0 Å². The van der Waals surface area contributed by atoms with Gasteiger partial charge in [0.05, 0.1) is 12.0 Å². The molecule has 1 aliphatic carbocycles. The van der Waals surface area contributed by atoms with Crippen molar-refractivity contribution in [3.8, 4) is 0 Å². The Labute approximate surface area is 205 Å². The van der Waals surface area contributed by atoms with Crippen LogP contribution in [0.25, 0.3) is 0 Å². The minimum Gasteiger partial charge on any atom is -0.447 e. The molecule has 2 aliphatic rings. The zero-order valence-corrected chi connectivity index (χ0v) is 22.0. The summed E-state index contributed by atoms with van der Waals surface area (Å²) in [5.74, 6) is -0.0182. The summed E-state index contributed by atoms with van der Waals surface area (Å²) < 4.78 is 5.41. The van der Waals surface area contributed by atoms with E-state index in [4.69, 9.17) is 4.74 Å². The van der Waals surface area contributed by atoms with Gasteiger partial charge in [-0.1, -0.05) is 106 Å². The highest BCUT2D eigenvalue weighted by atomic mass is 28.3. The number of imide groups is 1. The first kappa shape index (κ1) is 24.5. The van der Waals surface area contributed by atoms with Gasteiger partial charge in [-0.3, -0.25) is 4.79 Å². The molecule has 4 nitrogen and oxygen atoms in total. The maximum absolute atomic E-state index is 14.1. The van der Waals surface area contributed by atoms with Gasteiger partial charge >= 0.3 is 6.09 Å². The Morgan fingerprint density at radius 3 is 2.24 bits per heavy atom. The van der Waals surface area contributed by atoms with Gasteiger partial charge in [-0.25, -0.2) is 9.69 Å². The van der Waals surface area contributed by atoms with Gasteiger partial charge < -0.3 is 4.74 Å². The minimum atomic E-state index is -1.32. The van der Waals surface area contributed by atoms with Crippen LogP contribution in [0.4, 0.5) is 4.79 Å². The fourth-order valence-corrected chi connectivity index (χ4v) is 7.24. The molecule has 0 radical (unpaired) electrons. The third kappa shape index (κ3) is 5.20. The van der Waals surface area contributed by atoms with Crippen molar-refractivity contribution in [3.05, 3.63) is 83.4 Å². The second-order valence-corrected chi connectivity index (χ2v) is 16.7. The van der Waals surface area contributed by atoms with Crippen molar-refractivity contribution < 1.29 is 14.3 Å². The lowest BCUT2D eigenvalue weighted by Crippen LogP contribution is -2.48. The molecule has 0 unspecified atom stereocenters. The van der Waals surface area contributed by atoms with Crippen molar-refractivity contribution >= 4 is 20.1 Å². The van der Waals surface area contributed by atoms with Crippen molar-refractivity contribution in [2.24, 2.45) is 17.8 Å². The van der Waals surface area contributed by atoms with Crippen molar-refractivity contribution in [1.82, 2.24) is 4.90 Å². The number of carbonyl (C=O) groups excluding carboxylic acids is 2. The lowest BCUT2D eigenvalue weighted by Gasteiger charge is -2.42. The van der Waals surface area contributed by atoms with Crippen LogP contribution in [0.15, 0.2) is 72.3 Å². The molecule has 0 N–H and O–H groups in total. The number of rotatable bonds is 6. The van der Waals surface area contributed by atoms with E-state index in [1.54, 1.807) is 0 Å². The first-order valence-corrected chi connectivity index (χ1v) is 16.2. The Hall–Kier alpha value is -2.66. The molecule has 0 aromatic heterocycles. The number of carbonyl (C=O) groups is 2. The molecule has 4 rings (SSSR count). The Morgan fingerprint density at radius 2 is 1.62 bits per heavy atom. The molecule has 5 atom stereocenters. The summed E-state index contributed by atoms with van der Waals surface area (Å²) in [6.45, 7) is 11.9. The van der Waals surface area contributed by atoms with E-state index in [9.17, 15) is 9.59 Å². The monoisotopic (exact) mass is 475 g/mol. The van der Waals surface area contributed by atoms with Crippen molar-refractivity contribution in [2.45, 2.75) is 57.9 Å². The van der Waals surface area contributed by atoms with Gasteiger partial charge in [-0.05, 0) is 35.4 Å². The molecular formula is C29H37NO3Si. The number of hydrogen-bond acceptors (Lipinski definition) is 3. The first-order valence-electron chi connectivity index (χ1n) is 12.4. The van der Waals surface area contributed by atoms with Crippen LogP contribution in [-0.2, 0) is 16.0 Å². The number of benzene rings is 2. The number of hydrogen-bond donors (Lipinski definition) is 0. The van der Waals surface area contributed by atoms with Gasteiger partial charge in [0.1, 0.15) is 6.61 Å². The smallest absolute Gasteiger partial charge is 0.416 e. The molecule has 0 saturated carbocycles. The number of ether oxygens (including phenoxy) is 1. The molecule has 180 valence electrons. The highest BCUT2D eigenvalue weighted by Crippen LogP contribution is 2.46. The van der Waals surface area contributed by atoms with E-state index in [0.29, 0.717) is 12.3 Å². The summed E-state index contributed by atoms with van der Waals surface area (Å²) in [7, 11) is -1.32. The first-order chi connectivity index (χ1) is 16.2. The van der Waals surface area contributed by atoms with E-state index in [2.05, 4.69) is 51.7 Å². The van der Waals surface area contributed by atoms with Crippen LogP contribution >= 0.6 is 0 Å². The van der Waals surface area contributed by atoms with E-state index in [-0.39, 0.29) is 36.3 Å². The van der Waals surface area contributed by atoms with Crippen LogP contribution in [0.1, 0.15) is 30.9 Å². The molecule has 5 heteroatoms. The second kappa shape index (κ2) is 9.91. The van der Waals surface area contributed by atoms with Crippen LogP contribution in [-0.4, -0.2) is 37.6 Å². The molecule has 2 amide bonds. The zero-order chi connectivity index (χ0) is 24.5. The summed E-state index contributed by atoms with van der Waals surface area (Å²) in [4.78, 5) is 28.4. The summed E-state index contributed by atoms with van der Waals surface area (Å²) >= 11 is 0. The fourth-order valence-electron chi connectivity index (χ4n) is 5.58. The summed E-state index contributed by atoms with van der Waals surface area (Å²) in [6.07, 6.45) is 2.46. The number of allylic oxidation sites excluding steroid dienone is 2. The van der Waals surface area contributed by atoms with Crippen molar-refractivity contribution in [3.63, 3.8) is 0 Å². The van der Waals surface area contributed by atoms with E-state index in [1.807, 2.05) is 48.5 Å². The largest absolute Gasteiger partial charge is 0.447 e. The highest BCUT2D eigenvalue weighted by Gasteiger charge is 2.47. The quantitative estimate of drug-likeness (QED) is 0.353. The third-order valence-corrected chi connectivity index (χ3v) is 8.91. The third-order valence-electron chi connectivity index (χ3n) is 7.44. The summed E-state index contributed by atoms with van der Waals surface area (Å²) in [5, 5.41) is 0. The molecule has 2 aromatic rings. The van der Waals surface area contributed by atoms with Gasteiger partial charge in [0.25, 0.3) is 0 Å². The van der Waals surface area contributed by atoms with Gasteiger partial charge in [0, 0.05) is 14.0 Å². The predicted molar refractivity (Wildman–Crippen MR) is 139 cm³/mol. The molecule has 2 aromatic carbocycles. The Kier molecular flexibility index (Phi) is 7.13. The number of nitrogens with zero attached hydrogens (tertiary/aromatic N) is 1. The maximum Gasteiger partial charge on any atom is 0.416 e. The zero-order valence-electron chi connectivity index (χ0n) is 21.0. The lowest BCUT2D eigenvalue weighted by molar-refractivity contribution is -0.136. The Balaban J connectivity index is 1.69. The molecule has 1 fully saturated rings. The maximum atomic E-state index is 14.1. The van der Waals surface area contributed by atoms with Crippen molar-refractivity contribution in [1.29, 1.82) is 0 Å². The topological polar surface area (TPSA) is 46.6 Å². The van der Waals surface area contributed by atoms with Crippen LogP contribution < -0.4 is 0 Å². The van der Waals surface area contributed by atoms with Crippen LogP contribution in [0.5, 0.6) is 0 Å². The minimum absolute atomic E-state index is 0.0444. The van der Waals surface area contributed by atoms with E-state index in [1.165, 1.54) is 10.5 Å². The van der Waals surface area contributed by atoms with Crippen LogP contribution in [0, 0.1) is 17.8 Å². The van der Waals surface area contributed by atoms with Crippen LogP contribution in [0.2, 0.25) is 25.7 Å². The normalized spacial score (nSPS) is 27.3. The van der Waals surface area contributed by atoms with E-state index in [0.717, 1.165) is 17.2 Å². The molecule has 34 heavy (non-hydrogen) atoms. The Bertz CT molecular complexity index is 1040. The van der Waals surface area contributed by atoms with E-state index >= 15 is 0 Å². The molecule has 1 heterocycles. The molecule has 0 spiro atoms. The number of amides is 2. The summed E-state index contributed by atoms with van der Waals surface area (Å²) in [5.41, 5.74) is 3.71. The molecule has 1 aliphatic heterocycles. The number of cyclic esters (lactones) is 1. The molecule has 1 saturated heterocycles. The molecular weight excluding hydrogens is 438 g/mol. The van der Waals surface area contributed by atoms with Crippen molar-refractivity contribution in [2.75, 3.05) is 6.61 Å². The van der Waals surface area contributed by atoms with Gasteiger partial charge in [-0.15, -0.1) is 0 Å². The fraction of sp³-hybridized carbons (Fsp3) is 0.448. The summed E-state index contributed by atoms with van der Waals surface area (Å²) in [6, 6.07) is 21.2. The standard InChI is InChI=1S/C29H37NO3Si/c1-20-21(2)27(26(23-14-10-7-11-15-23)17-24(20)19-34(3,4)5)28(31)30-25(18-33-29(30)32)16-22-12-8-6-9-13-22/h6-15,17,20-21,25-27H,16,18-19H2,1-5H3/t20-,21+,25+,26+,27-/m0/s1. The SMILES string of the molecule is C[C@H]1[C@H](C(=O)N2C(=O)OC[C@H]2Cc2ccccc2)[C@@H](c2ccccc2)C=C(C[Si](C)(C)C)[C@H]1C. The average molecular weight is 476 g/mol. The second-order valence-electron chi connectivity index (χ2n) is 11.2.